The van der Waals surface area contributed by atoms with Crippen molar-refractivity contribution in [3.63, 3.8) is 0 Å². The Morgan fingerprint density at radius 2 is 1.71 bits per heavy atom. The van der Waals surface area contributed by atoms with E-state index in [0.717, 1.165) is 31.1 Å². The number of nitrogens with one attached hydrogen (secondary N) is 1. The highest BCUT2D eigenvalue weighted by atomic mass is 32.2. The third kappa shape index (κ3) is 6.09. The highest BCUT2D eigenvalue weighted by Crippen LogP contribution is 2.29. The fraction of sp³-hybridized carbons (Fsp3) is 0.409. The normalized spacial score (nSPS) is 11.5. The van der Waals surface area contributed by atoms with Gasteiger partial charge in [-0.2, -0.15) is 0 Å². The van der Waals surface area contributed by atoms with Gasteiger partial charge in [-0.3, -0.25) is 9.10 Å². The van der Waals surface area contributed by atoms with Gasteiger partial charge in [0.1, 0.15) is 6.54 Å². The summed E-state index contributed by atoms with van der Waals surface area (Å²) in [5.41, 5.74) is 3.32. The summed E-state index contributed by atoms with van der Waals surface area (Å²) in [5.74, 6) is -0.232. The van der Waals surface area contributed by atoms with Gasteiger partial charge in [-0.15, -0.1) is 0 Å². The summed E-state index contributed by atoms with van der Waals surface area (Å²) in [6.45, 7) is 5.89. The molecule has 28 heavy (non-hydrogen) atoms. The molecule has 0 heterocycles. The summed E-state index contributed by atoms with van der Waals surface area (Å²) >= 11 is 0. The lowest BCUT2D eigenvalue weighted by molar-refractivity contribution is -0.114. The van der Waals surface area contributed by atoms with E-state index in [0.29, 0.717) is 11.4 Å². The van der Waals surface area contributed by atoms with Crippen LogP contribution in [0.4, 0.5) is 11.4 Å². The van der Waals surface area contributed by atoms with E-state index in [4.69, 9.17) is 0 Å². The van der Waals surface area contributed by atoms with E-state index in [1.807, 2.05) is 50.2 Å². The summed E-state index contributed by atoms with van der Waals surface area (Å²) in [6.07, 6.45) is 4.40. The standard InChI is InChI=1S/C22H30N2O3S/c1-5-6-9-18-12-14-19(15-13-18)23-22(25)16-24(28(4,26)27)21-11-8-7-10-20(21)17(2)3/h7-8,10-15,17H,5-6,9,16H2,1-4H3,(H,23,25). The van der Waals surface area contributed by atoms with Crippen LogP contribution in [0.15, 0.2) is 48.5 Å². The third-order valence-electron chi connectivity index (χ3n) is 4.57. The lowest BCUT2D eigenvalue weighted by Crippen LogP contribution is -2.38. The Labute approximate surface area is 168 Å². The quantitative estimate of drug-likeness (QED) is 0.669. The van der Waals surface area contributed by atoms with Crippen LogP contribution in [-0.4, -0.2) is 27.1 Å². The van der Waals surface area contributed by atoms with E-state index in [2.05, 4.69) is 12.2 Å². The van der Waals surface area contributed by atoms with Gasteiger partial charge in [0.25, 0.3) is 0 Å². The van der Waals surface area contributed by atoms with E-state index in [9.17, 15) is 13.2 Å². The van der Waals surface area contributed by atoms with Crippen LogP contribution < -0.4 is 9.62 Å². The maximum absolute atomic E-state index is 12.6. The number of rotatable bonds is 9. The average Bonchev–Trinajstić information content (AvgIpc) is 2.64. The number of nitrogens with zero attached hydrogens (tertiary/aromatic N) is 1. The van der Waals surface area contributed by atoms with Crippen molar-refractivity contribution in [2.45, 2.75) is 46.0 Å². The Hall–Kier alpha value is -2.34. The molecule has 1 amide bonds. The summed E-state index contributed by atoms with van der Waals surface area (Å²) in [4.78, 5) is 12.6. The van der Waals surface area contributed by atoms with Crippen LogP contribution in [0.3, 0.4) is 0 Å². The van der Waals surface area contributed by atoms with Crippen molar-refractivity contribution in [2.24, 2.45) is 0 Å². The zero-order valence-corrected chi connectivity index (χ0v) is 17.9. The number of amides is 1. The highest BCUT2D eigenvalue weighted by Gasteiger charge is 2.24. The maximum atomic E-state index is 12.6. The molecule has 152 valence electrons. The second-order valence-corrected chi connectivity index (χ2v) is 9.24. The highest BCUT2D eigenvalue weighted by molar-refractivity contribution is 7.92. The predicted molar refractivity (Wildman–Crippen MR) is 116 cm³/mol. The summed E-state index contributed by atoms with van der Waals surface area (Å²) in [5, 5.41) is 2.80. The third-order valence-corrected chi connectivity index (χ3v) is 5.70. The monoisotopic (exact) mass is 402 g/mol. The first-order valence-electron chi connectivity index (χ1n) is 9.67. The van der Waals surface area contributed by atoms with Crippen molar-refractivity contribution < 1.29 is 13.2 Å². The molecule has 2 aromatic carbocycles. The van der Waals surface area contributed by atoms with Crippen LogP contribution in [0.2, 0.25) is 0 Å². The lowest BCUT2D eigenvalue weighted by Gasteiger charge is -2.25. The minimum absolute atomic E-state index is 0.138. The molecule has 0 unspecified atom stereocenters. The molecule has 0 saturated heterocycles. The van der Waals surface area contributed by atoms with Gasteiger partial charge in [-0.05, 0) is 48.1 Å². The molecule has 2 aromatic rings. The van der Waals surface area contributed by atoms with E-state index >= 15 is 0 Å². The largest absolute Gasteiger partial charge is 0.325 e. The average molecular weight is 403 g/mol. The Morgan fingerprint density at radius 1 is 1.07 bits per heavy atom. The van der Waals surface area contributed by atoms with Gasteiger partial charge in [0.05, 0.1) is 11.9 Å². The van der Waals surface area contributed by atoms with E-state index < -0.39 is 10.0 Å². The zero-order chi connectivity index (χ0) is 20.7. The van der Waals surface area contributed by atoms with Gasteiger partial charge in [-0.25, -0.2) is 8.42 Å². The Bertz CT molecular complexity index is 890. The molecule has 0 spiro atoms. The van der Waals surface area contributed by atoms with Gasteiger partial charge < -0.3 is 5.32 Å². The number of carbonyl (C=O) groups excluding carboxylic acids is 1. The second-order valence-electron chi connectivity index (χ2n) is 7.33. The van der Waals surface area contributed by atoms with Crippen molar-refractivity contribution in [3.8, 4) is 0 Å². The van der Waals surface area contributed by atoms with Crippen LogP contribution in [0.5, 0.6) is 0 Å². The number of sulfonamides is 1. The first kappa shape index (κ1) is 22.0. The molecule has 0 aliphatic heterocycles. The lowest BCUT2D eigenvalue weighted by atomic mass is 10.0. The number of unbranched alkanes of at least 4 members (excludes halogenated alkanes) is 1. The molecule has 0 saturated carbocycles. The minimum Gasteiger partial charge on any atom is -0.325 e. The molecule has 2 rings (SSSR count). The van der Waals surface area contributed by atoms with Gasteiger partial charge in [0.2, 0.25) is 15.9 Å². The van der Waals surface area contributed by atoms with Crippen LogP contribution >= 0.6 is 0 Å². The van der Waals surface area contributed by atoms with Crippen LogP contribution in [-0.2, 0) is 21.2 Å². The molecule has 0 aliphatic carbocycles. The molecule has 5 nitrogen and oxygen atoms in total. The molecule has 0 aliphatic rings. The Kier molecular flexibility index (Phi) is 7.63. The number of benzene rings is 2. The molecule has 0 aromatic heterocycles. The second kappa shape index (κ2) is 9.73. The maximum Gasteiger partial charge on any atom is 0.245 e. The Morgan fingerprint density at radius 3 is 2.29 bits per heavy atom. The fourth-order valence-electron chi connectivity index (χ4n) is 3.05. The summed E-state index contributed by atoms with van der Waals surface area (Å²) in [7, 11) is -3.61. The molecular formula is C22H30N2O3S. The molecule has 0 fully saturated rings. The first-order valence-corrected chi connectivity index (χ1v) is 11.5. The summed E-state index contributed by atoms with van der Waals surface area (Å²) < 4.78 is 25.9. The number of hydrogen-bond donors (Lipinski definition) is 1. The van der Waals surface area contributed by atoms with Gasteiger partial charge in [0.15, 0.2) is 0 Å². The van der Waals surface area contributed by atoms with E-state index in [1.165, 1.54) is 9.87 Å². The van der Waals surface area contributed by atoms with E-state index in [-0.39, 0.29) is 18.4 Å². The number of para-hydroxylation sites is 1. The fourth-order valence-corrected chi connectivity index (χ4v) is 3.93. The number of carbonyl (C=O) groups is 1. The molecular weight excluding hydrogens is 372 g/mol. The van der Waals surface area contributed by atoms with Crippen LogP contribution in [0.25, 0.3) is 0 Å². The van der Waals surface area contributed by atoms with Crippen molar-refractivity contribution in [2.75, 3.05) is 22.4 Å². The minimum atomic E-state index is -3.61. The van der Waals surface area contributed by atoms with Crippen LogP contribution in [0.1, 0.15) is 50.7 Å². The molecule has 1 N–H and O–H groups in total. The van der Waals surface area contributed by atoms with Crippen molar-refractivity contribution in [3.05, 3.63) is 59.7 Å². The first-order chi connectivity index (χ1) is 13.2. The number of hydrogen-bond acceptors (Lipinski definition) is 3. The van der Waals surface area contributed by atoms with Crippen molar-refractivity contribution >= 4 is 27.3 Å². The predicted octanol–water partition coefficient (Wildman–Crippen LogP) is 4.56. The molecule has 0 atom stereocenters. The molecule has 0 radical (unpaired) electrons. The number of aryl methyl sites for hydroxylation is 1. The smallest absolute Gasteiger partial charge is 0.245 e. The zero-order valence-electron chi connectivity index (χ0n) is 17.1. The topological polar surface area (TPSA) is 66.5 Å². The molecule has 0 bridgehead atoms. The van der Waals surface area contributed by atoms with Crippen LogP contribution in [0, 0.1) is 0 Å². The summed E-state index contributed by atoms with van der Waals surface area (Å²) in [6, 6.07) is 15.0. The van der Waals surface area contributed by atoms with Gasteiger partial charge in [0, 0.05) is 5.69 Å². The molecule has 6 heteroatoms. The van der Waals surface area contributed by atoms with E-state index in [1.54, 1.807) is 12.1 Å². The van der Waals surface area contributed by atoms with Crippen molar-refractivity contribution in [1.82, 2.24) is 0 Å². The van der Waals surface area contributed by atoms with Gasteiger partial charge >= 0.3 is 0 Å². The van der Waals surface area contributed by atoms with Crippen molar-refractivity contribution in [1.29, 1.82) is 0 Å². The Balaban J connectivity index is 2.16. The van der Waals surface area contributed by atoms with Gasteiger partial charge in [-0.1, -0.05) is 57.5 Å². The SMILES string of the molecule is CCCCc1ccc(NC(=O)CN(c2ccccc2C(C)C)S(C)(=O)=O)cc1. The number of anilines is 2.